The Balaban J connectivity index is 1.04. The second kappa shape index (κ2) is 6.94. The molecule has 4 atom stereocenters. The number of pyridine rings is 1. The SMILES string of the molecule is CC12CC3CC(C)(C1)CC(C(=O)Nc1ccc(NC(=O)C45CC6CC(C)(CC(C)(C6)C4)C5)nc1)(C3)C2. The Kier molecular flexibility index (Phi) is 4.47. The molecule has 194 valence electrons. The van der Waals surface area contributed by atoms with Crippen LogP contribution >= 0.6 is 0 Å². The van der Waals surface area contributed by atoms with Gasteiger partial charge in [-0.25, -0.2) is 4.98 Å². The van der Waals surface area contributed by atoms with E-state index in [0.29, 0.717) is 39.3 Å². The molecule has 9 rings (SSSR count). The summed E-state index contributed by atoms with van der Waals surface area (Å²) in [6, 6.07) is 3.77. The lowest BCUT2D eigenvalue weighted by atomic mass is 9.40. The third-order valence-electron chi connectivity index (χ3n) is 11.5. The van der Waals surface area contributed by atoms with Gasteiger partial charge in [-0.15, -0.1) is 0 Å². The summed E-state index contributed by atoms with van der Waals surface area (Å²) in [6.45, 7) is 9.61. The molecule has 4 unspecified atom stereocenters. The highest BCUT2D eigenvalue weighted by atomic mass is 16.2. The molecule has 5 nitrogen and oxygen atoms in total. The van der Waals surface area contributed by atoms with Gasteiger partial charge in [0.1, 0.15) is 5.82 Å². The quantitative estimate of drug-likeness (QED) is 0.481. The lowest BCUT2D eigenvalue weighted by Gasteiger charge is -2.64. The Hall–Kier alpha value is -1.91. The van der Waals surface area contributed by atoms with Gasteiger partial charge in [0.15, 0.2) is 0 Å². The minimum absolute atomic E-state index is 0.156. The Morgan fingerprint density at radius 1 is 0.667 bits per heavy atom. The first-order valence-electron chi connectivity index (χ1n) is 14.4. The standard InChI is InChI=1S/C31H43N3O2/c1-26-7-20-8-27(2,14-26)17-30(11-20,16-26)24(35)33-22-5-6-23(32-13-22)34-25(36)31-12-21-9-28(3,18-31)15-29(4,10-21)19-31/h5-6,13,20-21H,7-12,14-19H2,1-4H3,(H,33,35)(H,32,34,36). The third-order valence-corrected chi connectivity index (χ3v) is 11.5. The van der Waals surface area contributed by atoms with Crippen molar-refractivity contribution in [2.75, 3.05) is 10.6 Å². The summed E-state index contributed by atoms with van der Waals surface area (Å²) in [5.74, 6) is 2.30. The molecule has 5 heteroatoms. The maximum absolute atomic E-state index is 13.6. The lowest BCUT2D eigenvalue weighted by molar-refractivity contribution is -0.165. The van der Waals surface area contributed by atoms with Crippen LogP contribution in [0.4, 0.5) is 11.5 Å². The van der Waals surface area contributed by atoms with E-state index in [1.165, 1.54) is 38.5 Å². The summed E-state index contributed by atoms with van der Waals surface area (Å²) < 4.78 is 0. The molecule has 8 aliphatic rings. The summed E-state index contributed by atoms with van der Waals surface area (Å²) in [6.07, 6.45) is 15.5. The number of aromatic nitrogens is 1. The molecular formula is C31H43N3O2. The van der Waals surface area contributed by atoms with E-state index in [-0.39, 0.29) is 22.6 Å². The molecule has 1 heterocycles. The third kappa shape index (κ3) is 3.50. The molecule has 0 radical (unpaired) electrons. The zero-order valence-electron chi connectivity index (χ0n) is 22.6. The predicted molar refractivity (Wildman–Crippen MR) is 141 cm³/mol. The summed E-state index contributed by atoms with van der Waals surface area (Å²) in [4.78, 5) is 31.8. The van der Waals surface area contributed by atoms with Crippen molar-refractivity contribution in [2.24, 2.45) is 44.3 Å². The number of carbonyl (C=O) groups is 2. The van der Waals surface area contributed by atoms with Gasteiger partial charge < -0.3 is 10.6 Å². The number of hydrogen-bond donors (Lipinski definition) is 2. The number of rotatable bonds is 4. The maximum Gasteiger partial charge on any atom is 0.231 e. The van der Waals surface area contributed by atoms with Crippen LogP contribution in [0.2, 0.25) is 0 Å². The van der Waals surface area contributed by atoms with Crippen LogP contribution in [0.3, 0.4) is 0 Å². The van der Waals surface area contributed by atoms with Crippen molar-refractivity contribution in [1.29, 1.82) is 0 Å². The molecule has 8 saturated carbocycles. The average Bonchev–Trinajstić information content (AvgIpc) is 2.70. The van der Waals surface area contributed by atoms with Gasteiger partial charge in [-0.05, 0) is 123 Å². The monoisotopic (exact) mass is 489 g/mol. The average molecular weight is 490 g/mol. The van der Waals surface area contributed by atoms with E-state index in [0.717, 1.165) is 44.2 Å². The van der Waals surface area contributed by atoms with E-state index in [1.807, 2.05) is 12.1 Å². The first-order valence-corrected chi connectivity index (χ1v) is 14.4. The molecule has 2 amide bonds. The van der Waals surface area contributed by atoms with Gasteiger partial charge in [-0.1, -0.05) is 27.7 Å². The zero-order valence-corrected chi connectivity index (χ0v) is 22.6. The topological polar surface area (TPSA) is 71.1 Å². The fourth-order valence-corrected chi connectivity index (χ4v) is 12.5. The Morgan fingerprint density at radius 3 is 1.50 bits per heavy atom. The van der Waals surface area contributed by atoms with Crippen molar-refractivity contribution in [3.05, 3.63) is 18.3 Å². The molecule has 0 aliphatic heterocycles. The van der Waals surface area contributed by atoms with Gasteiger partial charge in [-0.2, -0.15) is 0 Å². The van der Waals surface area contributed by atoms with Crippen LogP contribution < -0.4 is 10.6 Å². The van der Waals surface area contributed by atoms with Crippen LogP contribution in [-0.4, -0.2) is 16.8 Å². The zero-order chi connectivity index (χ0) is 25.2. The van der Waals surface area contributed by atoms with E-state index in [2.05, 4.69) is 43.3 Å². The summed E-state index contributed by atoms with van der Waals surface area (Å²) in [7, 11) is 0. The second-order valence-electron chi connectivity index (χ2n) is 16.2. The molecule has 8 bridgehead atoms. The number of nitrogens with zero attached hydrogens (tertiary/aromatic N) is 1. The van der Waals surface area contributed by atoms with Crippen LogP contribution in [0.25, 0.3) is 0 Å². The number of carbonyl (C=O) groups excluding carboxylic acids is 2. The minimum Gasteiger partial charge on any atom is -0.324 e. The maximum atomic E-state index is 13.6. The van der Waals surface area contributed by atoms with Crippen LogP contribution in [0.1, 0.15) is 105 Å². The van der Waals surface area contributed by atoms with E-state index in [9.17, 15) is 9.59 Å². The second-order valence-corrected chi connectivity index (χ2v) is 16.2. The van der Waals surface area contributed by atoms with Gasteiger partial charge in [-0.3, -0.25) is 9.59 Å². The highest BCUT2D eigenvalue weighted by molar-refractivity contribution is 5.97. The van der Waals surface area contributed by atoms with Crippen LogP contribution in [-0.2, 0) is 9.59 Å². The van der Waals surface area contributed by atoms with Gasteiger partial charge in [0.25, 0.3) is 0 Å². The van der Waals surface area contributed by atoms with Gasteiger partial charge in [0, 0.05) is 0 Å². The smallest absolute Gasteiger partial charge is 0.231 e. The Labute approximate surface area is 216 Å². The molecule has 36 heavy (non-hydrogen) atoms. The van der Waals surface area contributed by atoms with Gasteiger partial charge in [0.2, 0.25) is 11.8 Å². The number of nitrogens with one attached hydrogen (secondary N) is 2. The van der Waals surface area contributed by atoms with Gasteiger partial charge >= 0.3 is 0 Å². The molecule has 8 fully saturated rings. The first kappa shape index (κ1) is 23.2. The molecule has 0 saturated heterocycles. The number of anilines is 2. The van der Waals surface area contributed by atoms with Crippen LogP contribution in [0.5, 0.6) is 0 Å². The molecule has 2 N–H and O–H groups in total. The predicted octanol–water partition coefficient (Wildman–Crippen LogP) is 6.95. The van der Waals surface area contributed by atoms with Crippen LogP contribution in [0.15, 0.2) is 18.3 Å². The van der Waals surface area contributed by atoms with Crippen LogP contribution in [0, 0.1) is 44.3 Å². The Bertz CT molecular complexity index is 1020. The largest absolute Gasteiger partial charge is 0.324 e. The van der Waals surface area contributed by atoms with Gasteiger partial charge in [0.05, 0.1) is 22.7 Å². The van der Waals surface area contributed by atoms with E-state index in [1.54, 1.807) is 6.20 Å². The fourth-order valence-electron chi connectivity index (χ4n) is 12.5. The van der Waals surface area contributed by atoms with Crippen molar-refractivity contribution in [3.8, 4) is 0 Å². The summed E-state index contributed by atoms with van der Waals surface area (Å²) in [5, 5.41) is 6.39. The molecule has 0 aromatic carbocycles. The first-order chi connectivity index (χ1) is 16.8. The van der Waals surface area contributed by atoms with Crippen molar-refractivity contribution in [3.63, 3.8) is 0 Å². The normalized spacial score (nSPS) is 49.8. The molecule has 1 aromatic rings. The molecule has 0 spiro atoms. The fraction of sp³-hybridized carbons (Fsp3) is 0.774. The Morgan fingerprint density at radius 2 is 1.11 bits per heavy atom. The summed E-state index contributed by atoms with van der Waals surface area (Å²) in [5.41, 5.74) is 1.48. The lowest BCUT2D eigenvalue weighted by Crippen LogP contribution is -2.58. The summed E-state index contributed by atoms with van der Waals surface area (Å²) >= 11 is 0. The van der Waals surface area contributed by atoms with Crippen molar-refractivity contribution < 1.29 is 9.59 Å². The van der Waals surface area contributed by atoms with E-state index in [4.69, 9.17) is 0 Å². The number of hydrogen-bond acceptors (Lipinski definition) is 3. The molecular weight excluding hydrogens is 446 g/mol. The van der Waals surface area contributed by atoms with E-state index < -0.39 is 0 Å². The minimum atomic E-state index is -0.248. The molecule has 8 aliphatic carbocycles. The van der Waals surface area contributed by atoms with Crippen molar-refractivity contribution >= 4 is 23.3 Å². The highest BCUT2D eigenvalue weighted by Crippen LogP contribution is 2.71. The number of amides is 2. The highest BCUT2D eigenvalue weighted by Gasteiger charge is 2.64. The van der Waals surface area contributed by atoms with Crippen molar-refractivity contribution in [2.45, 2.75) is 105 Å². The molecule has 1 aromatic heterocycles. The van der Waals surface area contributed by atoms with E-state index >= 15 is 0 Å². The van der Waals surface area contributed by atoms with Crippen molar-refractivity contribution in [1.82, 2.24) is 4.98 Å².